The molecular weight excluding hydrogens is 286 g/mol. The number of hydrogen-bond acceptors (Lipinski definition) is 3. The van der Waals surface area contributed by atoms with Gasteiger partial charge in [-0.05, 0) is 56.3 Å². The lowest BCUT2D eigenvalue weighted by Gasteiger charge is -2.14. The van der Waals surface area contributed by atoms with Crippen molar-refractivity contribution in [2.75, 3.05) is 20.8 Å². The third-order valence-corrected chi connectivity index (χ3v) is 4.11. The minimum absolute atomic E-state index is 0.587. The third kappa shape index (κ3) is 4.65. The number of rotatable bonds is 7. The van der Waals surface area contributed by atoms with Crippen LogP contribution in [0.2, 0.25) is 5.02 Å². The molecule has 0 radical (unpaired) electrons. The number of halogens is 1. The van der Waals surface area contributed by atoms with E-state index in [1.54, 1.807) is 19.8 Å². The minimum Gasteiger partial charge on any atom is -0.493 e. The average Bonchev–Trinajstić information content (AvgIpc) is 2.52. The number of methoxy groups -OCH3 is 2. The van der Waals surface area contributed by atoms with Crippen LogP contribution in [0.25, 0.3) is 0 Å². The molecule has 1 aromatic carbocycles. The zero-order chi connectivity index (χ0) is 15.1. The summed E-state index contributed by atoms with van der Waals surface area (Å²) < 4.78 is 10.6. The van der Waals surface area contributed by atoms with Crippen LogP contribution in [0.4, 0.5) is 0 Å². The van der Waals surface area contributed by atoms with Crippen LogP contribution in [0.5, 0.6) is 11.5 Å². The minimum atomic E-state index is 0.587. The van der Waals surface area contributed by atoms with Crippen LogP contribution in [0.1, 0.15) is 37.7 Å². The summed E-state index contributed by atoms with van der Waals surface area (Å²) in [5.74, 6) is 1.27. The molecule has 1 N–H and O–H groups in total. The van der Waals surface area contributed by atoms with E-state index in [0.717, 1.165) is 25.1 Å². The van der Waals surface area contributed by atoms with Gasteiger partial charge in [0.25, 0.3) is 0 Å². The number of benzene rings is 1. The van der Waals surface area contributed by atoms with Crippen molar-refractivity contribution in [3.05, 3.63) is 34.4 Å². The molecule has 0 amide bonds. The van der Waals surface area contributed by atoms with Gasteiger partial charge in [-0.3, -0.25) is 0 Å². The Kier molecular flexibility index (Phi) is 6.40. The van der Waals surface area contributed by atoms with Gasteiger partial charge >= 0.3 is 0 Å². The lowest BCUT2D eigenvalue weighted by Crippen LogP contribution is -2.15. The van der Waals surface area contributed by atoms with Gasteiger partial charge < -0.3 is 14.8 Å². The normalized spacial score (nSPS) is 14.7. The molecule has 0 aliphatic heterocycles. The van der Waals surface area contributed by atoms with Crippen molar-refractivity contribution in [1.29, 1.82) is 0 Å². The molecule has 0 atom stereocenters. The second-order valence-corrected chi connectivity index (χ2v) is 5.76. The number of hydrogen-bond donors (Lipinski definition) is 1. The Morgan fingerprint density at radius 1 is 1.19 bits per heavy atom. The monoisotopic (exact) mass is 309 g/mol. The highest BCUT2D eigenvalue weighted by Crippen LogP contribution is 2.35. The molecule has 116 valence electrons. The van der Waals surface area contributed by atoms with Crippen LogP contribution in [0.15, 0.2) is 23.8 Å². The molecule has 3 nitrogen and oxygen atoms in total. The van der Waals surface area contributed by atoms with Crippen molar-refractivity contribution in [3.63, 3.8) is 0 Å². The Bertz CT molecular complexity index is 500. The predicted octanol–water partition coefficient (Wildman–Crippen LogP) is 4.34. The van der Waals surface area contributed by atoms with E-state index in [0.29, 0.717) is 16.5 Å². The molecule has 21 heavy (non-hydrogen) atoms. The highest BCUT2D eigenvalue weighted by molar-refractivity contribution is 6.32. The molecule has 0 heterocycles. The van der Waals surface area contributed by atoms with Crippen LogP contribution < -0.4 is 14.8 Å². The van der Waals surface area contributed by atoms with E-state index in [1.165, 1.54) is 25.7 Å². The smallest absolute Gasteiger partial charge is 0.179 e. The summed E-state index contributed by atoms with van der Waals surface area (Å²) in [7, 11) is 3.22. The van der Waals surface area contributed by atoms with Crippen LogP contribution in [-0.4, -0.2) is 20.8 Å². The van der Waals surface area contributed by atoms with Crippen LogP contribution in [-0.2, 0) is 6.54 Å². The zero-order valence-corrected chi connectivity index (χ0v) is 13.6. The summed E-state index contributed by atoms with van der Waals surface area (Å²) >= 11 is 6.21. The maximum atomic E-state index is 6.21. The molecular formula is C17H24ClNO2. The van der Waals surface area contributed by atoms with Gasteiger partial charge in [-0.15, -0.1) is 0 Å². The van der Waals surface area contributed by atoms with Crippen molar-refractivity contribution in [2.45, 2.75) is 38.6 Å². The van der Waals surface area contributed by atoms with E-state index in [2.05, 4.69) is 11.4 Å². The fourth-order valence-electron chi connectivity index (χ4n) is 2.69. The van der Waals surface area contributed by atoms with Gasteiger partial charge in [-0.2, -0.15) is 0 Å². The summed E-state index contributed by atoms with van der Waals surface area (Å²) in [5, 5.41) is 4.06. The van der Waals surface area contributed by atoms with Gasteiger partial charge in [0, 0.05) is 6.54 Å². The van der Waals surface area contributed by atoms with Gasteiger partial charge in [-0.1, -0.05) is 23.3 Å². The topological polar surface area (TPSA) is 30.5 Å². The second kappa shape index (κ2) is 8.30. The molecule has 1 aliphatic carbocycles. The quantitative estimate of drug-likeness (QED) is 0.600. The molecule has 0 bridgehead atoms. The first-order valence-electron chi connectivity index (χ1n) is 7.53. The molecule has 1 aliphatic rings. The summed E-state index contributed by atoms with van der Waals surface area (Å²) in [5.41, 5.74) is 2.70. The van der Waals surface area contributed by atoms with Crippen LogP contribution in [0.3, 0.4) is 0 Å². The highest BCUT2D eigenvalue weighted by atomic mass is 35.5. The average molecular weight is 310 g/mol. The SMILES string of the molecule is COc1cc(CNCCC2=CCCCC2)cc(Cl)c1OC. The Labute approximate surface area is 132 Å². The molecule has 0 spiro atoms. The molecule has 0 unspecified atom stereocenters. The van der Waals surface area contributed by atoms with E-state index >= 15 is 0 Å². The first kappa shape index (κ1) is 16.2. The van der Waals surface area contributed by atoms with Crippen molar-refractivity contribution in [1.82, 2.24) is 5.32 Å². The molecule has 0 saturated carbocycles. The maximum Gasteiger partial charge on any atom is 0.179 e. The second-order valence-electron chi connectivity index (χ2n) is 5.35. The standard InChI is InChI=1S/C17H24ClNO2/c1-20-16-11-14(10-15(18)17(16)21-2)12-19-9-8-13-6-4-3-5-7-13/h6,10-11,19H,3-5,7-9,12H2,1-2H3. The molecule has 1 aromatic rings. The first-order valence-corrected chi connectivity index (χ1v) is 7.91. The first-order chi connectivity index (χ1) is 10.2. The van der Waals surface area contributed by atoms with Crippen molar-refractivity contribution < 1.29 is 9.47 Å². The van der Waals surface area contributed by atoms with E-state index in [1.807, 2.05) is 12.1 Å². The predicted molar refractivity (Wildman–Crippen MR) is 87.4 cm³/mol. The maximum absolute atomic E-state index is 6.21. The third-order valence-electron chi connectivity index (χ3n) is 3.83. The number of nitrogens with one attached hydrogen (secondary N) is 1. The zero-order valence-electron chi connectivity index (χ0n) is 12.9. The molecule has 4 heteroatoms. The Hall–Kier alpha value is -1.19. The fraction of sp³-hybridized carbons (Fsp3) is 0.529. The highest BCUT2D eigenvalue weighted by Gasteiger charge is 2.10. The van der Waals surface area contributed by atoms with Gasteiger partial charge in [0.05, 0.1) is 19.2 Å². The Morgan fingerprint density at radius 3 is 2.71 bits per heavy atom. The lowest BCUT2D eigenvalue weighted by molar-refractivity contribution is 0.354. The number of allylic oxidation sites excluding steroid dienone is 1. The van der Waals surface area contributed by atoms with Gasteiger partial charge in [-0.25, -0.2) is 0 Å². The van der Waals surface area contributed by atoms with Gasteiger partial charge in [0.2, 0.25) is 0 Å². The van der Waals surface area contributed by atoms with Crippen LogP contribution >= 0.6 is 11.6 Å². The van der Waals surface area contributed by atoms with Crippen molar-refractivity contribution in [2.24, 2.45) is 0 Å². The van der Waals surface area contributed by atoms with Gasteiger partial charge in [0.15, 0.2) is 11.5 Å². The summed E-state index contributed by atoms with van der Waals surface area (Å²) in [6.07, 6.45) is 8.75. The molecule has 0 saturated heterocycles. The lowest BCUT2D eigenvalue weighted by atomic mass is 9.97. The Balaban J connectivity index is 1.85. The van der Waals surface area contributed by atoms with E-state index in [9.17, 15) is 0 Å². The Morgan fingerprint density at radius 2 is 2.05 bits per heavy atom. The van der Waals surface area contributed by atoms with Crippen LogP contribution in [0, 0.1) is 0 Å². The van der Waals surface area contributed by atoms with Crippen molar-refractivity contribution in [3.8, 4) is 11.5 Å². The largest absolute Gasteiger partial charge is 0.493 e. The fourth-order valence-corrected chi connectivity index (χ4v) is 3.00. The van der Waals surface area contributed by atoms with E-state index in [-0.39, 0.29) is 0 Å². The summed E-state index contributed by atoms with van der Waals surface area (Å²) in [4.78, 5) is 0. The summed E-state index contributed by atoms with van der Waals surface area (Å²) in [6.45, 7) is 1.78. The molecule has 0 fully saturated rings. The van der Waals surface area contributed by atoms with Crippen molar-refractivity contribution >= 4 is 11.6 Å². The van der Waals surface area contributed by atoms with E-state index in [4.69, 9.17) is 21.1 Å². The van der Waals surface area contributed by atoms with Gasteiger partial charge in [0.1, 0.15) is 0 Å². The molecule has 2 rings (SSSR count). The summed E-state index contributed by atoms with van der Waals surface area (Å²) in [6, 6.07) is 3.90. The number of ether oxygens (including phenoxy) is 2. The molecule has 0 aromatic heterocycles. The van der Waals surface area contributed by atoms with E-state index < -0.39 is 0 Å².